The van der Waals surface area contributed by atoms with Crippen LogP contribution in [0, 0.1) is 11.7 Å². The molecule has 28 heavy (non-hydrogen) atoms. The van der Waals surface area contributed by atoms with Gasteiger partial charge in [0.05, 0.1) is 12.7 Å². The van der Waals surface area contributed by atoms with Gasteiger partial charge in [-0.1, -0.05) is 12.1 Å². The number of piperidine rings is 1. The van der Waals surface area contributed by atoms with Gasteiger partial charge in [0.15, 0.2) is 11.6 Å². The lowest BCUT2D eigenvalue weighted by molar-refractivity contribution is 0.00133. The van der Waals surface area contributed by atoms with Crippen LogP contribution in [-0.4, -0.2) is 51.4 Å². The van der Waals surface area contributed by atoms with Gasteiger partial charge in [-0.25, -0.2) is 9.37 Å². The number of hydrogen-bond donors (Lipinski definition) is 1. The third-order valence-electron chi connectivity index (χ3n) is 4.58. The van der Waals surface area contributed by atoms with Crippen molar-refractivity contribution in [1.82, 2.24) is 14.9 Å². The average molecular weight is 389 g/mol. The fourth-order valence-electron chi connectivity index (χ4n) is 3.21. The molecule has 0 unspecified atom stereocenters. The summed E-state index contributed by atoms with van der Waals surface area (Å²) in [6, 6.07) is 6.31. The minimum absolute atomic E-state index is 0.114. The molecule has 0 radical (unpaired) electrons. The molecule has 1 fully saturated rings. The number of benzene rings is 1. The van der Waals surface area contributed by atoms with E-state index in [1.54, 1.807) is 30.6 Å². The number of likely N-dealkylation sites (tertiary alicyclic amines) is 1. The van der Waals surface area contributed by atoms with Gasteiger partial charge in [0, 0.05) is 37.9 Å². The predicted octanol–water partition coefficient (Wildman–Crippen LogP) is 3.05. The number of aliphatic hydroxyl groups is 1. The Morgan fingerprint density at radius 1 is 1.21 bits per heavy atom. The zero-order valence-corrected chi connectivity index (χ0v) is 16.6. The first-order valence-electron chi connectivity index (χ1n) is 9.58. The molecule has 2 aromatic rings. The summed E-state index contributed by atoms with van der Waals surface area (Å²) in [7, 11) is 0. The Balaban J connectivity index is 1.62. The molecule has 152 valence electrons. The summed E-state index contributed by atoms with van der Waals surface area (Å²) in [6.07, 6.45) is 3.43. The number of halogens is 1. The summed E-state index contributed by atoms with van der Waals surface area (Å²) >= 11 is 0. The number of hydrogen-bond acceptors (Lipinski definition) is 6. The number of aromatic nitrogens is 2. The molecule has 1 saturated heterocycles. The molecule has 3 rings (SSSR count). The van der Waals surface area contributed by atoms with Crippen molar-refractivity contribution in [2.45, 2.75) is 45.4 Å². The van der Waals surface area contributed by atoms with Gasteiger partial charge in [-0.3, -0.25) is 9.88 Å². The SMILES string of the molecule is CC(C)(C)Oc1nccnc1CN1CC[C@H](O)[C@H](COc2ccccc2F)C1. The van der Waals surface area contributed by atoms with Gasteiger partial charge in [-0.05, 0) is 39.3 Å². The smallest absolute Gasteiger partial charge is 0.237 e. The summed E-state index contributed by atoms with van der Waals surface area (Å²) in [5.41, 5.74) is 0.404. The first-order valence-corrected chi connectivity index (χ1v) is 9.58. The van der Waals surface area contributed by atoms with Gasteiger partial charge in [0.2, 0.25) is 5.88 Å². The highest BCUT2D eigenvalue weighted by molar-refractivity contribution is 5.23. The molecule has 0 aliphatic carbocycles. The number of para-hydroxylation sites is 1. The average Bonchev–Trinajstić information content (AvgIpc) is 2.64. The van der Waals surface area contributed by atoms with Gasteiger partial charge in [-0.15, -0.1) is 0 Å². The number of ether oxygens (including phenoxy) is 2. The Bertz CT molecular complexity index is 781. The van der Waals surface area contributed by atoms with E-state index in [9.17, 15) is 9.50 Å². The van der Waals surface area contributed by atoms with E-state index in [0.717, 1.165) is 12.2 Å². The maximum Gasteiger partial charge on any atom is 0.237 e. The van der Waals surface area contributed by atoms with Crippen LogP contribution in [0.1, 0.15) is 32.9 Å². The monoisotopic (exact) mass is 389 g/mol. The zero-order chi connectivity index (χ0) is 20.1. The van der Waals surface area contributed by atoms with E-state index in [1.165, 1.54) is 6.07 Å². The molecule has 2 heterocycles. The largest absolute Gasteiger partial charge is 0.490 e. The van der Waals surface area contributed by atoms with Crippen molar-refractivity contribution in [1.29, 1.82) is 0 Å². The van der Waals surface area contributed by atoms with Gasteiger partial charge < -0.3 is 14.6 Å². The van der Waals surface area contributed by atoms with Crippen molar-refractivity contribution in [2.24, 2.45) is 5.92 Å². The summed E-state index contributed by atoms with van der Waals surface area (Å²) in [6.45, 7) is 8.10. The minimum Gasteiger partial charge on any atom is -0.490 e. The van der Waals surface area contributed by atoms with Crippen LogP contribution in [0.4, 0.5) is 4.39 Å². The summed E-state index contributed by atoms with van der Waals surface area (Å²) in [4.78, 5) is 11.0. The lowest BCUT2D eigenvalue weighted by Crippen LogP contribution is -2.45. The van der Waals surface area contributed by atoms with Crippen LogP contribution in [0.15, 0.2) is 36.7 Å². The highest BCUT2D eigenvalue weighted by atomic mass is 19.1. The summed E-state index contributed by atoms with van der Waals surface area (Å²) < 4.78 is 25.3. The van der Waals surface area contributed by atoms with Crippen LogP contribution in [0.3, 0.4) is 0 Å². The molecule has 2 atom stereocenters. The molecule has 0 spiro atoms. The van der Waals surface area contributed by atoms with Crippen molar-refractivity contribution in [3.05, 3.63) is 48.2 Å². The first-order chi connectivity index (χ1) is 13.3. The van der Waals surface area contributed by atoms with Gasteiger partial charge in [0.1, 0.15) is 11.3 Å². The van der Waals surface area contributed by atoms with E-state index in [0.29, 0.717) is 25.4 Å². The molecule has 1 aromatic carbocycles. The lowest BCUT2D eigenvalue weighted by Gasteiger charge is -2.36. The molecule has 7 heteroatoms. The summed E-state index contributed by atoms with van der Waals surface area (Å²) in [5.74, 6) is 0.229. The van der Waals surface area contributed by atoms with Crippen molar-refractivity contribution < 1.29 is 19.0 Å². The van der Waals surface area contributed by atoms with Crippen molar-refractivity contribution >= 4 is 0 Å². The van der Waals surface area contributed by atoms with Crippen LogP contribution >= 0.6 is 0 Å². The number of nitrogens with zero attached hydrogens (tertiary/aromatic N) is 3. The van der Waals surface area contributed by atoms with E-state index in [1.807, 2.05) is 20.8 Å². The second-order valence-electron chi connectivity index (χ2n) is 8.12. The van der Waals surface area contributed by atoms with E-state index < -0.39 is 11.9 Å². The van der Waals surface area contributed by atoms with Crippen LogP contribution in [0.5, 0.6) is 11.6 Å². The normalized spacial score (nSPS) is 20.8. The van der Waals surface area contributed by atoms with E-state index in [4.69, 9.17) is 9.47 Å². The van der Waals surface area contributed by atoms with Crippen molar-refractivity contribution in [2.75, 3.05) is 19.7 Å². The molecule has 0 bridgehead atoms. The molecule has 1 aliphatic heterocycles. The summed E-state index contributed by atoms with van der Waals surface area (Å²) in [5, 5.41) is 10.4. The van der Waals surface area contributed by atoms with E-state index in [2.05, 4.69) is 14.9 Å². The Morgan fingerprint density at radius 3 is 2.71 bits per heavy atom. The van der Waals surface area contributed by atoms with Crippen molar-refractivity contribution in [3.8, 4) is 11.6 Å². The van der Waals surface area contributed by atoms with Gasteiger partial charge in [0.25, 0.3) is 0 Å². The maximum absolute atomic E-state index is 13.8. The molecule has 1 aliphatic rings. The van der Waals surface area contributed by atoms with Crippen LogP contribution in [-0.2, 0) is 6.54 Å². The second-order valence-corrected chi connectivity index (χ2v) is 8.12. The molecular weight excluding hydrogens is 361 g/mol. The number of aliphatic hydroxyl groups excluding tert-OH is 1. The maximum atomic E-state index is 13.8. The Labute approximate surface area is 165 Å². The third kappa shape index (κ3) is 5.62. The highest BCUT2D eigenvalue weighted by Gasteiger charge is 2.29. The van der Waals surface area contributed by atoms with Crippen LogP contribution in [0.2, 0.25) is 0 Å². The predicted molar refractivity (Wildman–Crippen MR) is 104 cm³/mol. The van der Waals surface area contributed by atoms with Gasteiger partial charge in [-0.2, -0.15) is 0 Å². The molecule has 6 nitrogen and oxygen atoms in total. The molecular formula is C21H28FN3O3. The highest BCUT2D eigenvalue weighted by Crippen LogP contribution is 2.25. The molecule has 0 amide bonds. The topological polar surface area (TPSA) is 67.7 Å². The number of rotatable bonds is 6. The fourth-order valence-corrected chi connectivity index (χ4v) is 3.21. The Hall–Kier alpha value is -2.25. The van der Waals surface area contributed by atoms with E-state index >= 15 is 0 Å². The fraction of sp³-hybridized carbons (Fsp3) is 0.524. The Morgan fingerprint density at radius 2 is 1.96 bits per heavy atom. The Kier molecular flexibility index (Phi) is 6.46. The van der Waals surface area contributed by atoms with Gasteiger partial charge >= 0.3 is 0 Å². The molecule has 1 N–H and O–H groups in total. The lowest BCUT2D eigenvalue weighted by atomic mass is 9.95. The van der Waals surface area contributed by atoms with Crippen molar-refractivity contribution in [3.63, 3.8) is 0 Å². The minimum atomic E-state index is -0.477. The quantitative estimate of drug-likeness (QED) is 0.819. The standard InChI is InChI=1S/C21H28FN3O3/c1-21(2,3)28-20-17(23-9-10-24-20)13-25-11-8-18(26)15(12-25)14-27-19-7-5-4-6-16(19)22/h4-7,9-10,15,18,26H,8,11-14H2,1-3H3/t15-,18-/m0/s1. The van der Waals surface area contributed by atoms with Crippen LogP contribution < -0.4 is 9.47 Å². The first kappa shape index (κ1) is 20.5. The molecule has 1 aromatic heterocycles. The van der Waals surface area contributed by atoms with Crippen LogP contribution in [0.25, 0.3) is 0 Å². The third-order valence-corrected chi connectivity index (χ3v) is 4.58. The molecule has 0 saturated carbocycles. The zero-order valence-electron chi connectivity index (χ0n) is 16.6. The van der Waals surface area contributed by atoms with E-state index in [-0.39, 0.29) is 23.9 Å². The second kappa shape index (κ2) is 8.84.